The molecular formula is C14H12N4O2S2. The number of esters is 1. The van der Waals surface area contributed by atoms with E-state index in [1.807, 2.05) is 30.3 Å². The van der Waals surface area contributed by atoms with Crippen molar-refractivity contribution >= 4 is 28.6 Å². The van der Waals surface area contributed by atoms with Crippen LogP contribution in [0.15, 0.2) is 35.7 Å². The Labute approximate surface area is 134 Å². The summed E-state index contributed by atoms with van der Waals surface area (Å²) in [5, 5.41) is 15.3. The Kier molecular flexibility index (Phi) is 4.12. The first-order valence-corrected chi connectivity index (χ1v) is 8.22. The van der Waals surface area contributed by atoms with Crippen LogP contribution < -0.4 is 4.80 Å². The minimum absolute atomic E-state index is 0.239. The van der Waals surface area contributed by atoms with Gasteiger partial charge >= 0.3 is 5.97 Å². The summed E-state index contributed by atoms with van der Waals surface area (Å²) >= 11 is 2.51. The summed E-state index contributed by atoms with van der Waals surface area (Å²) in [5.41, 5.74) is 1.19. The van der Waals surface area contributed by atoms with E-state index in [-0.39, 0.29) is 10.5 Å². The Morgan fingerprint density at radius 2 is 2.14 bits per heavy atom. The molecular weight excluding hydrogens is 320 g/mol. The van der Waals surface area contributed by atoms with Gasteiger partial charge in [-0.1, -0.05) is 41.7 Å². The Bertz CT molecular complexity index is 851. The molecule has 0 aliphatic rings. The van der Waals surface area contributed by atoms with Crippen molar-refractivity contribution in [1.82, 2.24) is 14.8 Å². The van der Waals surface area contributed by atoms with Crippen LogP contribution in [0, 0.1) is 5.41 Å². The molecule has 3 aromatic rings. The van der Waals surface area contributed by atoms with Crippen LogP contribution in [0.3, 0.4) is 0 Å². The van der Waals surface area contributed by atoms with Crippen molar-refractivity contribution in [3.05, 3.63) is 46.2 Å². The van der Waals surface area contributed by atoms with Crippen molar-refractivity contribution in [2.45, 2.75) is 6.92 Å². The van der Waals surface area contributed by atoms with Gasteiger partial charge in [0.2, 0.25) is 9.93 Å². The Morgan fingerprint density at radius 1 is 1.36 bits per heavy atom. The summed E-state index contributed by atoms with van der Waals surface area (Å²) in [5.74, 6) is -0.462. The second kappa shape index (κ2) is 6.20. The Morgan fingerprint density at radius 3 is 2.86 bits per heavy atom. The minimum Gasteiger partial charge on any atom is -0.461 e. The van der Waals surface area contributed by atoms with E-state index in [9.17, 15) is 4.79 Å². The predicted octanol–water partition coefficient (Wildman–Crippen LogP) is 2.71. The molecule has 0 spiro atoms. The average molecular weight is 332 g/mol. The van der Waals surface area contributed by atoms with E-state index in [1.54, 1.807) is 12.3 Å². The van der Waals surface area contributed by atoms with E-state index in [1.165, 1.54) is 27.4 Å². The van der Waals surface area contributed by atoms with Gasteiger partial charge in [0.15, 0.2) is 5.69 Å². The van der Waals surface area contributed by atoms with Crippen LogP contribution in [0.5, 0.6) is 0 Å². The average Bonchev–Trinajstić information content (AvgIpc) is 3.15. The highest BCUT2D eigenvalue weighted by Crippen LogP contribution is 2.21. The minimum atomic E-state index is -0.462. The third-order valence-electron chi connectivity index (χ3n) is 2.76. The molecule has 0 unspecified atom stereocenters. The van der Waals surface area contributed by atoms with Crippen molar-refractivity contribution in [2.75, 3.05) is 6.61 Å². The molecule has 0 atom stereocenters. The maximum atomic E-state index is 11.6. The Balaban J connectivity index is 1.95. The van der Waals surface area contributed by atoms with E-state index in [4.69, 9.17) is 10.1 Å². The molecule has 0 saturated carbocycles. The number of nitrogens with zero attached hydrogens (tertiary/aromatic N) is 3. The van der Waals surface area contributed by atoms with Crippen LogP contribution in [0.4, 0.5) is 0 Å². The maximum Gasteiger partial charge on any atom is 0.357 e. The van der Waals surface area contributed by atoms with Crippen molar-refractivity contribution < 1.29 is 9.53 Å². The van der Waals surface area contributed by atoms with Gasteiger partial charge in [-0.2, -0.15) is 9.78 Å². The highest BCUT2D eigenvalue weighted by molar-refractivity contribution is 7.13. The second-order valence-electron chi connectivity index (χ2n) is 4.23. The molecule has 0 bridgehead atoms. The molecule has 1 aromatic carbocycles. The summed E-state index contributed by atoms with van der Waals surface area (Å²) in [6.07, 6.45) is 0. The standard InChI is InChI=1S/C14H12N4O2S2/c1-2-20-12(19)10-8-21-14(16-10)18-13(15)22-11(17-18)9-6-4-3-5-7-9/h3-8,15H,2H2,1H3. The molecule has 0 aliphatic heterocycles. The third-order valence-corrected chi connectivity index (χ3v) is 4.45. The van der Waals surface area contributed by atoms with Gasteiger partial charge in [-0.05, 0) is 6.92 Å². The molecule has 6 nitrogen and oxygen atoms in total. The molecule has 0 aliphatic carbocycles. The molecule has 2 heterocycles. The monoisotopic (exact) mass is 332 g/mol. The van der Waals surface area contributed by atoms with Gasteiger partial charge in [-0.25, -0.2) is 9.78 Å². The summed E-state index contributed by atoms with van der Waals surface area (Å²) < 4.78 is 6.34. The molecule has 0 amide bonds. The fourth-order valence-electron chi connectivity index (χ4n) is 1.78. The fraction of sp³-hybridized carbons (Fsp3) is 0.143. The van der Waals surface area contributed by atoms with Crippen LogP contribution >= 0.6 is 22.7 Å². The lowest BCUT2D eigenvalue weighted by Crippen LogP contribution is -2.13. The Hall–Kier alpha value is -2.32. The normalized spacial score (nSPS) is 10.6. The third kappa shape index (κ3) is 2.83. The van der Waals surface area contributed by atoms with Crippen molar-refractivity contribution in [3.63, 3.8) is 0 Å². The number of benzene rings is 1. The SMILES string of the molecule is CCOC(=O)c1csc(-n2nc(-c3ccccc3)sc2=N)n1. The largest absolute Gasteiger partial charge is 0.461 e. The van der Waals surface area contributed by atoms with E-state index >= 15 is 0 Å². The molecule has 3 rings (SSSR count). The van der Waals surface area contributed by atoms with Crippen molar-refractivity contribution in [3.8, 4) is 15.7 Å². The van der Waals surface area contributed by atoms with Gasteiger partial charge in [0.25, 0.3) is 0 Å². The maximum absolute atomic E-state index is 11.6. The number of aromatic nitrogens is 3. The fourth-order valence-corrected chi connectivity index (χ4v) is 3.36. The topological polar surface area (TPSA) is 80.9 Å². The molecule has 22 heavy (non-hydrogen) atoms. The van der Waals surface area contributed by atoms with E-state index in [0.29, 0.717) is 11.7 Å². The van der Waals surface area contributed by atoms with Crippen LogP contribution in [-0.4, -0.2) is 27.3 Å². The first-order chi connectivity index (χ1) is 10.7. The highest BCUT2D eigenvalue weighted by atomic mass is 32.1. The first-order valence-electron chi connectivity index (χ1n) is 6.52. The molecule has 0 saturated heterocycles. The summed E-state index contributed by atoms with van der Waals surface area (Å²) in [6.45, 7) is 2.05. The van der Waals surface area contributed by atoms with Crippen LogP contribution in [0.2, 0.25) is 0 Å². The summed E-state index contributed by atoms with van der Waals surface area (Å²) in [6, 6.07) is 9.65. The zero-order chi connectivity index (χ0) is 15.5. The molecule has 112 valence electrons. The smallest absolute Gasteiger partial charge is 0.357 e. The van der Waals surface area contributed by atoms with Crippen LogP contribution in [-0.2, 0) is 4.74 Å². The number of carbonyl (C=O) groups is 1. The van der Waals surface area contributed by atoms with Gasteiger partial charge in [0.05, 0.1) is 6.61 Å². The zero-order valence-electron chi connectivity index (χ0n) is 11.6. The molecule has 8 heteroatoms. The summed E-state index contributed by atoms with van der Waals surface area (Å²) in [4.78, 5) is 16.1. The number of carbonyl (C=O) groups excluding carboxylic acids is 1. The van der Waals surface area contributed by atoms with Gasteiger partial charge in [0, 0.05) is 10.9 Å². The number of rotatable bonds is 4. The van der Waals surface area contributed by atoms with E-state index < -0.39 is 5.97 Å². The number of hydrogen-bond acceptors (Lipinski definition) is 7. The van der Waals surface area contributed by atoms with Gasteiger partial charge in [0.1, 0.15) is 5.01 Å². The van der Waals surface area contributed by atoms with Crippen molar-refractivity contribution in [2.24, 2.45) is 0 Å². The lowest BCUT2D eigenvalue weighted by Gasteiger charge is -1.96. The van der Waals surface area contributed by atoms with Crippen LogP contribution in [0.25, 0.3) is 15.7 Å². The summed E-state index contributed by atoms with van der Waals surface area (Å²) in [7, 11) is 0. The first kappa shape index (κ1) is 14.6. The number of hydrogen-bond donors (Lipinski definition) is 1. The molecule has 0 fully saturated rings. The molecule has 2 aromatic heterocycles. The van der Waals surface area contributed by atoms with Gasteiger partial charge in [-0.15, -0.1) is 11.3 Å². The number of ether oxygens (including phenoxy) is 1. The second-order valence-corrected chi connectivity index (χ2v) is 6.04. The van der Waals surface area contributed by atoms with Gasteiger partial charge in [-0.3, -0.25) is 5.41 Å². The van der Waals surface area contributed by atoms with E-state index in [0.717, 1.165) is 10.6 Å². The van der Waals surface area contributed by atoms with Gasteiger partial charge < -0.3 is 4.74 Å². The van der Waals surface area contributed by atoms with Crippen molar-refractivity contribution in [1.29, 1.82) is 5.41 Å². The quantitative estimate of drug-likeness (QED) is 0.745. The van der Waals surface area contributed by atoms with Crippen LogP contribution in [0.1, 0.15) is 17.4 Å². The lowest BCUT2D eigenvalue weighted by atomic mass is 10.2. The zero-order valence-corrected chi connectivity index (χ0v) is 13.3. The highest BCUT2D eigenvalue weighted by Gasteiger charge is 2.15. The van der Waals surface area contributed by atoms with E-state index in [2.05, 4.69) is 10.1 Å². The molecule has 0 radical (unpaired) electrons. The number of nitrogens with one attached hydrogen (secondary N) is 1. The number of thiazole rings is 1. The predicted molar refractivity (Wildman–Crippen MR) is 84.4 cm³/mol. The molecule has 1 N–H and O–H groups in total. The lowest BCUT2D eigenvalue weighted by molar-refractivity contribution is 0.0520.